The number of para-hydroxylation sites is 2. The maximum atomic E-state index is 13.4. The zero-order chi connectivity index (χ0) is 20.6. The fourth-order valence-electron chi connectivity index (χ4n) is 3.72. The molecule has 0 saturated carbocycles. The van der Waals surface area contributed by atoms with Crippen LogP contribution in [0.4, 0.5) is 11.4 Å². The lowest BCUT2D eigenvalue weighted by Crippen LogP contribution is -2.35. The number of benzene rings is 3. The number of carbonyl (C=O) groups is 1. The Hall–Kier alpha value is -3.12. The molecule has 0 unspecified atom stereocenters. The lowest BCUT2D eigenvalue weighted by molar-refractivity contribution is 0.102. The maximum Gasteiger partial charge on any atom is 0.264 e. The topological polar surface area (TPSA) is 66.5 Å². The van der Waals surface area contributed by atoms with E-state index in [0.29, 0.717) is 23.4 Å². The van der Waals surface area contributed by atoms with Crippen LogP contribution in [0.1, 0.15) is 28.4 Å². The summed E-state index contributed by atoms with van der Waals surface area (Å²) in [5.41, 5.74) is 3.65. The molecular weight excluding hydrogens is 384 g/mol. The zero-order valence-electron chi connectivity index (χ0n) is 16.3. The first kappa shape index (κ1) is 19.2. The molecule has 3 aromatic rings. The molecule has 5 nitrogen and oxygen atoms in total. The second-order valence-corrected chi connectivity index (χ2v) is 9.09. The lowest BCUT2D eigenvalue weighted by Gasteiger charge is -2.24. The molecular formula is C23H22N2O3S. The van der Waals surface area contributed by atoms with Crippen molar-refractivity contribution < 1.29 is 13.2 Å². The van der Waals surface area contributed by atoms with Crippen LogP contribution in [-0.4, -0.2) is 20.4 Å². The lowest BCUT2D eigenvalue weighted by atomic mass is 10.1. The first-order valence-corrected chi connectivity index (χ1v) is 10.9. The third-order valence-corrected chi connectivity index (χ3v) is 7.12. The van der Waals surface area contributed by atoms with Crippen molar-refractivity contribution in [3.63, 3.8) is 0 Å². The Balaban J connectivity index is 1.66. The molecule has 1 amide bonds. The van der Waals surface area contributed by atoms with Gasteiger partial charge in [-0.25, -0.2) is 8.42 Å². The Bertz CT molecular complexity index is 1190. The van der Waals surface area contributed by atoms with Gasteiger partial charge >= 0.3 is 0 Å². The largest absolute Gasteiger partial charge is 0.322 e. The number of nitrogens with zero attached hydrogens (tertiary/aromatic N) is 1. The van der Waals surface area contributed by atoms with Crippen LogP contribution in [0.3, 0.4) is 0 Å². The van der Waals surface area contributed by atoms with Crippen molar-refractivity contribution in [2.24, 2.45) is 0 Å². The van der Waals surface area contributed by atoms with Crippen molar-refractivity contribution >= 4 is 27.3 Å². The summed E-state index contributed by atoms with van der Waals surface area (Å²) >= 11 is 0. The smallest absolute Gasteiger partial charge is 0.264 e. The first-order chi connectivity index (χ1) is 13.9. The monoisotopic (exact) mass is 406 g/mol. The van der Waals surface area contributed by atoms with Crippen molar-refractivity contribution in [1.29, 1.82) is 0 Å². The van der Waals surface area contributed by atoms with Crippen molar-refractivity contribution in [2.45, 2.75) is 31.2 Å². The number of amides is 1. The number of hydrogen-bond acceptors (Lipinski definition) is 3. The Labute approximate surface area is 171 Å². The molecule has 1 aliphatic heterocycles. The normalized spacial score (nSPS) is 15.8. The minimum atomic E-state index is -3.79. The number of sulfonamides is 1. The summed E-state index contributed by atoms with van der Waals surface area (Å²) in [6.45, 7) is 3.80. The van der Waals surface area contributed by atoms with Gasteiger partial charge in [-0.15, -0.1) is 0 Å². The van der Waals surface area contributed by atoms with E-state index >= 15 is 0 Å². The predicted molar refractivity (Wildman–Crippen MR) is 115 cm³/mol. The number of rotatable bonds is 4. The van der Waals surface area contributed by atoms with E-state index in [2.05, 4.69) is 5.32 Å². The molecule has 6 heteroatoms. The van der Waals surface area contributed by atoms with Crippen LogP contribution in [0.5, 0.6) is 0 Å². The Morgan fingerprint density at radius 3 is 2.52 bits per heavy atom. The van der Waals surface area contributed by atoms with Gasteiger partial charge in [0.15, 0.2) is 0 Å². The standard InChI is InChI=1S/C23H22N2O3S/c1-16-8-3-5-12-21(16)24-23(26)19-10-7-11-20(15-19)29(27,28)25-17(2)14-18-9-4-6-13-22(18)25/h3-13,15,17H,14H2,1-2H3,(H,24,26)/t17-/m1/s1. The summed E-state index contributed by atoms with van der Waals surface area (Å²) in [6.07, 6.45) is 0.670. The third-order valence-electron chi connectivity index (χ3n) is 5.19. The quantitative estimate of drug-likeness (QED) is 0.699. The van der Waals surface area contributed by atoms with E-state index < -0.39 is 10.0 Å². The van der Waals surface area contributed by atoms with Gasteiger partial charge in [-0.1, -0.05) is 42.5 Å². The van der Waals surface area contributed by atoms with E-state index in [4.69, 9.17) is 0 Å². The van der Waals surface area contributed by atoms with Gasteiger partial charge in [-0.2, -0.15) is 0 Å². The van der Waals surface area contributed by atoms with Crippen molar-refractivity contribution in [2.75, 3.05) is 9.62 Å². The zero-order valence-corrected chi connectivity index (χ0v) is 17.1. The summed E-state index contributed by atoms with van der Waals surface area (Å²) in [4.78, 5) is 12.8. The van der Waals surface area contributed by atoms with Crippen LogP contribution in [0, 0.1) is 6.92 Å². The molecule has 0 aromatic heterocycles. The number of anilines is 2. The van der Waals surface area contributed by atoms with Crippen molar-refractivity contribution in [1.82, 2.24) is 0 Å². The summed E-state index contributed by atoms with van der Waals surface area (Å²) in [5, 5.41) is 2.85. The van der Waals surface area contributed by atoms with Gasteiger partial charge in [0.1, 0.15) is 0 Å². The second kappa shape index (κ2) is 7.37. The van der Waals surface area contributed by atoms with Crippen LogP contribution in [0.25, 0.3) is 0 Å². The summed E-state index contributed by atoms with van der Waals surface area (Å²) in [7, 11) is -3.79. The summed E-state index contributed by atoms with van der Waals surface area (Å²) < 4.78 is 28.2. The third kappa shape index (κ3) is 3.51. The average Bonchev–Trinajstić information content (AvgIpc) is 3.06. The SMILES string of the molecule is Cc1ccccc1NC(=O)c1cccc(S(=O)(=O)N2c3ccccc3C[C@H]2C)c1. The van der Waals surface area contributed by atoms with Gasteiger partial charge < -0.3 is 5.32 Å². The molecule has 0 fully saturated rings. The highest BCUT2D eigenvalue weighted by atomic mass is 32.2. The van der Waals surface area contributed by atoms with Crippen LogP contribution < -0.4 is 9.62 Å². The van der Waals surface area contributed by atoms with Gasteiger partial charge in [0.25, 0.3) is 15.9 Å². The number of hydrogen-bond donors (Lipinski definition) is 1. The van der Waals surface area contributed by atoms with Gasteiger partial charge in [0.2, 0.25) is 0 Å². The minimum Gasteiger partial charge on any atom is -0.322 e. The van der Waals surface area contributed by atoms with E-state index in [0.717, 1.165) is 11.1 Å². The predicted octanol–water partition coefficient (Wildman–Crippen LogP) is 4.39. The Morgan fingerprint density at radius 2 is 1.72 bits per heavy atom. The molecule has 0 aliphatic carbocycles. The van der Waals surface area contributed by atoms with E-state index in [1.165, 1.54) is 16.4 Å². The first-order valence-electron chi connectivity index (χ1n) is 9.47. The fraction of sp³-hybridized carbons (Fsp3) is 0.174. The summed E-state index contributed by atoms with van der Waals surface area (Å²) in [5.74, 6) is -0.341. The van der Waals surface area contributed by atoms with E-state index in [9.17, 15) is 13.2 Å². The van der Waals surface area contributed by atoms with Gasteiger partial charge in [-0.05, 0) is 61.7 Å². The molecule has 1 atom stereocenters. The van der Waals surface area contributed by atoms with E-state index in [-0.39, 0.29) is 16.8 Å². The van der Waals surface area contributed by atoms with Crippen LogP contribution in [0.15, 0.2) is 77.7 Å². The fourth-order valence-corrected chi connectivity index (χ4v) is 5.46. The van der Waals surface area contributed by atoms with E-state index in [1.807, 2.05) is 62.4 Å². The Morgan fingerprint density at radius 1 is 1.00 bits per heavy atom. The maximum absolute atomic E-state index is 13.4. The highest BCUT2D eigenvalue weighted by molar-refractivity contribution is 7.92. The molecule has 0 radical (unpaired) electrons. The minimum absolute atomic E-state index is 0.110. The van der Waals surface area contributed by atoms with E-state index in [1.54, 1.807) is 12.1 Å². The summed E-state index contributed by atoms with van der Waals surface area (Å²) in [6, 6.07) is 21.0. The van der Waals surface area contributed by atoms with Gasteiger partial charge in [0.05, 0.1) is 10.6 Å². The molecule has 0 bridgehead atoms. The second-order valence-electron chi connectivity index (χ2n) is 7.28. The van der Waals surface area contributed by atoms with Gasteiger partial charge in [-0.3, -0.25) is 9.10 Å². The van der Waals surface area contributed by atoms with Crippen LogP contribution in [0.2, 0.25) is 0 Å². The van der Waals surface area contributed by atoms with Crippen molar-refractivity contribution in [3.8, 4) is 0 Å². The molecule has 0 spiro atoms. The van der Waals surface area contributed by atoms with Crippen LogP contribution >= 0.6 is 0 Å². The van der Waals surface area contributed by atoms with Gasteiger partial charge in [0, 0.05) is 17.3 Å². The number of carbonyl (C=O) groups excluding carboxylic acids is 1. The number of fused-ring (bicyclic) bond motifs is 1. The van der Waals surface area contributed by atoms with Crippen LogP contribution in [-0.2, 0) is 16.4 Å². The van der Waals surface area contributed by atoms with Crippen molar-refractivity contribution in [3.05, 3.63) is 89.5 Å². The molecule has 0 saturated heterocycles. The molecule has 1 aliphatic rings. The molecule has 3 aromatic carbocycles. The average molecular weight is 407 g/mol. The Kier molecular flexibility index (Phi) is 4.88. The highest BCUT2D eigenvalue weighted by Gasteiger charge is 2.36. The number of nitrogens with one attached hydrogen (secondary N) is 1. The highest BCUT2D eigenvalue weighted by Crippen LogP contribution is 2.36. The molecule has 148 valence electrons. The number of aryl methyl sites for hydroxylation is 1. The molecule has 1 heterocycles. The molecule has 1 N–H and O–H groups in total. The molecule has 4 rings (SSSR count). The molecule has 29 heavy (non-hydrogen) atoms.